The lowest BCUT2D eigenvalue weighted by molar-refractivity contribution is -0.138. The number of rotatable bonds is 4. The highest BCUT2D eigenvalue weighted by Crippen LogP contribution is 2.46. The number of aromatic hydroxyl groups is 1. The van der Waals surface area contributed by atoms with Gasteiger partial charge >= 0.3 is 12.1 Å². The van der Waals surface area contributed by atoms with Crippen LogP contribution in [0.3, 0.4) is 0 Å². The van der Waals surface area contributed by atoms with Crippen LogP contribution >= 0.6 is 0 Å². The molecule has 0 aliphatic heterocycles. The van der Waals surface area contributed by atoms with E-state index in [1.54, 1.807) is 6.07 Å². The minimum Gasteiger partial charge on any atom is -0.507 e. The van der Waals surface area contributed by atoms with Gasteiger partial charge in [0, 0.05) is 17.5 Å². The molecule has 0 amide bonds. The Kier molecular flexibility index (Phi) is 4.82. The number of carboxylic acid groups (broad SMARTS) is 1. The number of phenolic OH excluding ortho intramolecular Hbond substituents is 1. The molecular weight excluding hydrogens is 328 g/mol. The van der Waals surface area contributed by atoms with E-state index in [0.717, 1.165) is 6.92 Å². The summed E-state index contributed by atoms with van der Waals surface area (Å²) in [4.78, 5) is 10.7. The van der Waals surface area contributed by atoms with Crippen molar-refractivity contribution < 1.29 is 32.6 Å². The van der Waals surface area contributed by atoms with E-state index in [2.05, 4.69) is 0 Å². The molecule has 0 saturated carbocycles. The lowest BCUT2D eigenvalue weighted by Gasteiger charge is -2.21. The van der Waals surface area contributed by atoms with Crippen LogP contribution < -0.4 is 0 Å². The van der Waals surface area contributed by atoms with Crippen LogP contribution in [0.5, 0.6) is 5.75 Å². The van der Waals surface area contributed by atoms with Crippen molar-refractivity contribution in [2.24, 2.45) is 0 Å². The molecular formula is C17H14F4O3. The van der Waals surface area contributed by atoms with Gasteiger partial charge < -0.3 is 10.2 Å². The largest absolute Gasteiger partial charge is 0.507 e. The number of hydrogen-bond acceptors (Lipinski definition) is 2. The fourth-order valence-corrected chi connectivity index (χ4v) is 2.60. The number of alkyl halides is 3. The van der Waals surface area contributed by atoms with E-state index >= 15 is 0 Å². The summed E-state index contributed by atoms with van der Waals surface area (Å²) in [6, 6.07) is 7.30. The molecule has 24 heavy (non-hydrogen) atoms. The van der Waals surface area contributed by atoms with Crippen molar-refractivity contribution in [2.45, 2.75) is 25.9 Å². The minimum atomic E-state index is -4.88. The predicted octanol–water partition coefficient (Wildman–Crippen LogP) is 4.54. The summed E-state index contributed by atoms with van der Waals surface area (Å²) in [7, 11) is 0. The molecule has 0 radical (unpaired) electrons. The van der Waals surface area contributed by atoms with Crippen LogP contribution in [-0.4, -0.2) is 16.2 Å². The van der Waals surface area contributed by atoms with Gasteiger partial charge in [-0.15, -0.1) is 0 Å². The van der Waals surface area contributed by atoms with E-state index in [4.69, 9.17) is 5.11 Å². The SMILES string of the molecule is Cc1c(F)c(CCC(=O)O)c(O)c(-c2ccccc2)c1C(F)(F)F. The number of hydrogen-bond donors (Lipinski definition) is 2. The molecule has 0 aromatic heterocycles. The van der Waals surface area contributed by atoms with Gasteiger partial charge in [-0.1, -0.05) is 30.3 Å². The van der Waals surface area contributed by atoms with Gasteiger partial charge in [-0.3, -0.25) is 4.79 Å². The summed E-state index contributed by atoms with van der Waals surface area (Å²) in [6.45, 7) is 0.967. The van der Waals surface area contributed by atoms with Crippen molar-refractivity contribution >= 4 is 5.97 Å². The van der Waals surface area contributed by atoms with Gasteiger partial charge in [-0.2, -0.15) is 13.2 Å². The average molecular weight is 342 g/mol. The topological polar surface area (TPSA) is 57.5 Å². The zero-order valence-corrected chi connectivity index (χ0v) is 12.6. The van der Waals surface area contributed by atoms with Crippen LogP contribution in [0.15, 0.2) is 30.3 Å². The molecule has 2 N–H and O–H groups in total. The second kappa shape index (κ2) is 6.51. The van der Waals surface area contributed by atoms with Gasteiger partial charge in [0.05, 0.1) is 5.56 Å². The van der Waals surface area contributed by atoms with E-state index in [9.17, 15) is 27.5 Å². The molecule has 0 fully saturated rings. The van der Waals surface area contributed by atoms with E-state index < -0.39 is 58.8 Å². The lowest BCUT2D eigenvalue weighted by Crippen LogP contribution is -2.14. The molecule has 0 saturated heterocycles. The highest BCUT2D eigenvalue weighted by Gasteiger charge is 2.39. The maximum absolute atomic E-state index is 14.3. The Bertz CT molecular complexity index is 768. The standard InChI is InChI=1S/C17H14F4O3/c1-9-14(17(19,20)21)13(10-5-3-2-4-6-10)16(24)11(15(9)18)7-8-12(22)23/h2-6,24H,7-8H2,1H3,(H,22,23). The van der Waals surface area contributed by atoms with E-state index in [1.165, 1.54) is 24.3 Å². The zero-order chi connectivity index (χ0) is 18.1. The number of phenols is 1. The van der Waals surface area contributed by atoms with Crippen molar-refractivity contribution in [1.82, 2.24) is 0 Å². The molecule has 0 aliphatic carbocycles. The molecule has 128 valence electrons. The molecule has 0 bridgehead atoms. The maximum Gasteiger partial charge on any atom is 0.417 e. The van der Waals surface area contributed by atoms with Gasteiger partial charge in [0.15, 0.2) is 0 Å². The predicted molar refractivity (Wildman–Crippen MR) is 79.2 cm³/mol. The maximum atomic E-state index is 14.3. The molecule has 0 heterocycles. The van der Waals surface area contributed by atoms with Crippen LogP contribution in [0.2, 0.25) is 0 Å². The van der Waals surface area contributed by atoms with Gasteiger partial charge in [0.2, 0.25) is 0 Å². The molecule has 0 atom stereocenters. The second-order valence-corrected chi connectivity index (χ2v) is 5.27. The van der Waals surface area contributed by atoms with Gasteiger partial charge in [-0.25, -0.2) is 4.39 Å². The normalized spacial score (nSPS) is 11.5. The first-order valence-corrected chi connectivity index (χ1v) is 7.03. The zero-order valence-electron chi connectivity index (χ0n) is 12.6. The molecule has 0 spiro atoms. The van der Waals surface area contributed by atoms with E-state index in [0.29, 0.717) is 0 Å². The molecule has 2 rings (SSSR count). The van der Waals surface area contributed by atoms with Crippen LogP contribution in [-0.2, 0) is 17.4 Å². The summed E-state index contributed by atoms with van der Waals surface area (Å²) >= 11 is 0. The van der Waals surface area contributed by atoms with Gasteiger partial charge in [0.1, 0.15) is 11.6 Å². The average Bonchev–Trinajstić information content (AvgIpc) is 2.50. The summed E-state index contributed by atoms with van der Waals surface area (Å²) in [6.07, 6.45) is -5.80. The first kappa shape index (κ1) is 17.8. The van der Waals surface area contributed by atoms with Gasteiger partial charge in [0.25, 0.3) is 0 Å². The number of benzene rings is 2. The van der Waals surface area contributed by atoms with Gasteiger partial charge in [-0.05, 0) is 24.5 Å². The number of carbonyl (C=O) groups is 1. The van der Waals surface area contributed by atoms with Crippen molar-refractivity contribution in [2.75, 3.05) is 0 Å². The van der Waals surface area contributed by atoms with Crippen LogP contribution in [0.4, 0.5) is 17.6 Å². The van der Waals surface area contributed by atoms with Crippen molar-refractivity contribution in [1.29, 1.82) is 0 Å². The number of carboxylic acids is 1. The summed E-state index contributed by atoms with van der Waals surface area (Å²) in [5.74, 6) is -3.36. The summed E-state index contributed by atoms with van der Waals surface area (Å²) in [5, 5.41) is 19.0. The molecule has 0 aliphatic rings. The van der Waals surface area contributed by atoms with Crippen molar-refractivity contribution in [3.05, 3.63) is 52.8 Å². The summed E-state index contributed by atoms with van der Waals surface area (Å²) < 4.78 is 54.6. The Morgan fingerprint density at radius 2 is 1.75 bits per heavy atom. The van der Waals surface area contributed by atoms with E-state index in [1.807, 2.05) is 0 Å². The Hall–Kier alpha value is -2.57. The third-order valence-corrected chi connectivity index (χ3v) is 3.68. The summed E-state index contributed by atoms with van der Waals surface area (Å²) in [5.41, 5.74) is -2.83. The molecule has 2 aromatic rings. The fraction of sp³-hybridized carbons (Fsp3) is 0.235. The molecule has 3 nitrogen and oxygen atoms in total. The molecule has 2 aromatic carbocycles. The first-order valence-electron chi connectivity index (χ1n) is 7.03. The van der Waals surface area contributed by atoms with E-state index in [-0.39, 0.29) is 5.56 Å². The first-order chi connectivity index (χ1) is 11.1. The lowest BCUT2D eigenvalue weighted by atomic mass is 9.89. The van der Waals surface area contributed by atoms with Crippen LogP contribution in [0, 0.1) is 12.7 Å². The Balaban J connectivity index is 2.80. The molecule has 0 unspecified atom stereocenters. The quantitative estimate of drug-likeness (QED) is 0.802. The third-order valence-electron chi connectivity index (χ3n) is 3.68. The second-order valence-electron chi connectivity index (χ2n) is 5.27. The molecule has 7 heteroatoms. The highest BCUT2D eigenvalue weighted by atomic mass is 19.4. The van der Waals surface area contributed by atoms with Crippen molar-refractivity contribution in [3.63, 3.8) is 0 Å². The minimum absolute atomic E-state index is 0.0713. The third kappa shape index (κ3) is 3.34. The Morgan fingerprint density at radius 1 is 1.17 bits per heavy atom. The number of aliphatic carboxylic acids is 1. The fourth-order valence-electron chi connectivity index (χ4n) is 2.60. The Morgan fingerprint density at radius 3 is 2.25 bits per heavy atom. The monoisotopic (exact) mass is 342 g/mol. The Labute approximate surface area is 135 Å². The highest BCUT2D eigenvalue weighted by molar-refractivity contribution is 5.78. The van der Waals surface area contributed by atoms with Crippen LogP contribution in [0.1, 0.15) is 23.1 Å². The van der Waals surface area contributed by atoms with Crippen LogP contribution in [0.25, 0.3) is 11.1 Å². The van der Waals surface area contributed by atoms with Crippen molar-refractivity contribution in [3.8, 4) is 16.9 Å². The number of halogens is 4. The smallest absolute Gasteiger partial charge is 0.417 e.